The van der Waals surface area contributed by atoms with Crippen LogP contribution in [0.1, 0.15) is 252 Å². The van der Waals surface area contributed by atoms with E-state index in [1.807, 2.05) is 12.2 Å². The minimum Gasteiger partial charge on any atom is -0.462 e. The summed E-state index contributed by atoms with van der Waals surface area (Å²) in [5.41, 5.74) is 0. The predicted molar refractivity (Wildman–Crippen MR) is 352 cm³/mol. The van der Waals surface area contributed by atoms with Gasteiger partial charge in [0.1, 0.15) is 13.2 Å². The summed E-state index contributed by atoms with van der Waals surface area (Å²) >= 11 is 0. The van der Waals surface area contributed by atoms with E-state index in [0.717, 1.165) is 154 Å². The van der Waals surface area contributed by atoms with E-state index in [1.54, 1.807) is 0 Å². The highest BCUT2D eigenvalue weighted by molar-refractivity contribution is 5.71. The lowest BCUT2D eigenvalue weighted by molar-refractivity contribution is -0.166. The molecule has 0 amide bonds. The second kappa shape index (κ2) is 67.0. The molecule has 6 heteroatoms. The van der Waals surface area contributed by atoms with Crippen LogP contribution in [-0.4, -0.2) is 37.2 Å². The SMILES string of the molecule is CC/C=C\C/C=C\C/C=C\C/C=C\C/C=C\C/C=C\C/C=C\C/C=C\CCCCCCCCC(=O)OCC(COC(=O)CC/C=C\C/C=C\C/C=C\C/C=C\CC)OC(=O)CCCCCCCC/C=C\C/C=C\C/C=C\CCCCC. The zero-order valence-corrected chi connectivity index (χ0v) is 51.7. The number of ether oxygens (including phenoxy) is 3. The van der Waals surface area contributed by atoms with Crippen LogP contribution >= 0.6 is 0 Å². The molecule has 1 unspecified atom stereocenters. The molecule has 452 valence electrons. The van der Waals surface area contributed by atoms with Crippen LogP contribution in [0.2, 0.25) is 0 Å². The van der Waals surface area contributed by atoms with E-state index in [1.165, 1.54) is 51.4 Å². The van der Waals surface area contributed by atoms with Gasteiger partial charge in [0.05, 0.1) is 0 Å². The third kappa shape index (κ3) is 65.2. The summed E-state index contributed by atoms with van der Waals surface area (Å²) in [4.78, 5) is 38.3. The van der Waals surface area contributed by atoms with E-state index < -0.39 is 6.10 Å². The molecule has 0 saturated heterocycles. The molecule has 0 bridgehead atoms. The van der Waals surface area contributed by atoms with Crippen LogP contribution in [-0.2, 0) is 28.6 Å². The van der Waals surface area contributed by atoms with Gasteiger partial charge in [-0.05, 0) is 148 Å². The molecule has 0 aliphatic rings. The Hall–Kier alpha value is -5.49. The average molecular weight is 1110 g/mol. The first-order chi connectivity index (χ1) is 40.0. The maximum atomic E-state index is 12.9. The number of hydrogen-bond acceptors (Lipinski definition) is 6. The molecular formula is C75H116O6. The number of allylic oxidation sites excluding steroid dienone is 30. The van der Waals surface area contributed by atoms with E-state index in [4.69, 9.17) is 14.2 Å². The lowest BCUT2D eigenvalue weighted by atomic mass is 10.1. The summed E-state index contributed by atoms with van der Waals surface area (Å²) in [6.07, 6.45) is 101. The van der Waals surface area contributed by atoms with Crippen LogP contribution < -0.4 is 0 Å². The normalized spacial score (nSPS) is 13.4. The van der Waals surface area contributed by atoms with Crippen LogP contribution in [0.15, 0.2) is 182 Å². The van der Waals surface area contributed by atoms with Gasteiger partial charge in [0, 0.05) is 19.3 Å². The Morgan fingerprint density at radius 3 is 0.827 bits per heavy atom. The third-order valence-corrected chi connectivity index (χ3v) is 12.9. The van der Waals surface area contributed by atoms with Crippen molar-refractivity contribution >= 4 is 17.9 Å². The predicted octanol–water partition coefficient (Wildman–Crippen LogP) is 22.4. The first-order valence-corrected chi connectivity index (χ1v) is 32.3. The summed E-state index contributed by atoms with van der Waals surface area (Å²) in [6.45, 7) is 6.28. The fourth-order valence-electron chi connectivity index (χ4n) is 8.12. The molecular weight excluding hydrogens is 997 g/mol. The van der Waals surface area contributed by atoms with Gasteiger partial charge in [0.25, 0.3) is 0 Å². The maximum absolute atomic E-state index is 12.9. The van der Waals surface area contributed by atoms with Crippen molar-refractivity contribution in [3.8, 4) is 0 Å². The zero-order valence-electron chi connectivity index (χ0n) is 51.7. The highest BCUT2D eigenvalue weighted by Crippen LogP contribution is 2.13. The fourth-order valence-corrected chi connectivity index (χ4v) is 8.12. The number of unbranched alkanes of at least 4 members (excludes halogenated alkanes) is 15. The van der Waals surface area contributed by atoms with E-state index in [9.17, 15) is 14.4 Å². The lowest BCUT2D eigenvalue weighted by Crippen LogP contribution is -2.30. The van der Waals surface area contributed by atoms with Crippen molar-refractivity contribution in [2.45, 2.75) is 258 Å². The molecule has 1 atom stereocenters. The standard InChI is InChI=1S/C75H116O6/c1-4-7-10-13-16-19-22-25-27-29-31-32-33-34-35-36-37-38-39-40-41-42-44-45-47-50-53-56-59-62-65-68-74(77)80-71-72(70-79-73(76)67-64-61-58-55-52-49-24-21-18-15-12-9-6-3)81-75(78)69-66-63-60-57-54-51-48-46-43-30-28-26-23-20-17-14-11-8-5-2/h7,9-10,12,16-21,25-28,31-32,34-35,37-38,40-41,43-46,49,52,58,61,72H,4-6,8,11,13-15,22-24,29-30,33,36,39,42,47-48,50-51,53-57,59-60,62-71H2,1-3H3/b10-7-,12-9-,19-16-,20-17-,21-18-,27-25-,28-26-,32-31-,35-34-,38-37-,41-40-,45-44-,46-43-,52-49-,61-58-. The highest BCUT2D eigenvalue weighted by atomic mass is 16.6. The maximum Gasteiger partial charge on any atom is 0.306 e. The molecule has 0 fully saturated rings. The van der Waals surface area contributed by atoms with Crippen molar-refractivity contribution in [1.29, 1.82) is 0 Å². The quantitative estimate of drug-likeness (QED) is 0.0261. The molecule has 0 N–H and O–H groups in total. The van der Waals surface area contributed by atoms with Gasteiger partial charge in [-0.2, -0.15) is 0 Å². The molecule has 0 aromatic carbocycles. The molecule has 0 heterocycles. The van der Waals surface area contributed by atoms with E-state index in [0.29, 0.717) is 12.8 Å². The second-order valence-corrected chi connectivity index (χ2v) is 20.5. The molecule has 0 spiro atoms. The summed E-state index contributed by atoms with van der Waals surface area (Å²) in [7, 11) is 0. The fraction of sp³-hybridized carbons (Fsp3) is 0.560. The Morgan fingerprint density at radius 2 is 0.506 bits per heavy atom. The van der Waals surface area contributed by atoms with E-state index in [-0.39, 0.29) is 44.0 Å². The Labute approximate surface area is 497 Å². The van der Waals surface area contributed by atoms with Gasteiger partial charge in [-0.15, -0.1) is 0 Å². The minimum absolute atomic E-state index is 0.122. The van der Waals surface area contributed by atoms with Crippen molar-refractivity contribution in [1.82, 2.24) is 0 Å². The molecule has 0 aromatic rings. The number of carbonyl (C=O) groups excluding carboxylic acids is 3. The van der Waals surface area contributed by atoms with Crippen molar-refractivity contribution < 1.29 is 28.6 Å². The molecule has 0 rings (SSSR count). The molecule has 81 heavy (non-hydrogen) atoms. The number of rotatable bonds is 56. The van der Waals surface area contributed by atoms with Gasteiger partial charge in [0.2, 0.25) is 0 Å². The molecule has 0 saturated carbocycles. The van der Waals surface area contributed by atoms with E-state index >= 15 is 0 Å². The second-order valence-electron chi connectivity index (χ2n) is 20.5. The van der Waals surface area contributed by atoms with Crippen LogP contribution in [0.4, 0.5) is 0 Å². The van der Waals surface area contributed by atoms with Crippen LogP contribution in [0.25, 0.3) is 0 Å². The average Bonchev–Trinajstić information content (AvgIpc) is 3.46. The smallest absolute Gasteiger partial charge is 0.306 e. The molecule has 6 nitrogen and oxygen atoms in total. The van der Waals surface area contributed by atoms with Crippen LogP contribution in [0.3, 0.4) is 0 Å². The van der Waals surface area contributed by atoms with Crippen LogP contribution in [0.5, 0.6) is 0 Å². The Balaban J connectivity index is 4.43. The first kappa shape index (κ1) is 75.5. The van der Waals surface area contributed by atoms with Crippen molar-refractivity contribution in [2.24, 2.45) is 0 Å². The van der Waals surface area contributed by atoms with Gasteiger partial charge < -0.3 is 14.2 Å². The van der Waals surface area contributed by atoms with Gasteiger partial charge in [-0.3, -0.25) is 14.4 Å². The number of esters is 3. The molecule has 0 aliphatic heterocycles. The summed E-state index contributed by atoms with van der Waals surface area (Å²) < 4.78 is 16.8. The number of carbonyl (C=O) groups is 3. The monoisotopic (exact) mass is 1110 g/mol. The van der Waals surface area contributed by atoms with Gasteiger partial charge in [0.15, 0.2) is 6.10 Å². The summed E-state index contributed by atoms with van der Waals surface area (Å²) in [5.74, 6) is -1.04. The summed E-state index contributed by atoms with van der Waals surface area (Å²) in [5, 5.41) is 0. The van der Waals surface area contributed by atoms with Crippen LogP contribution in [0, 0.1) is 0 Å². The Bertz CT molecular complexity index is 1900. The van der Waals surface area contributed by atoms with Gasteiger partial charge in [-0.1, -0.05) is 267 Å². The van der Waals surface area contributed by atoms with Crippen molar-refractivity contribution in [3.05, 3.63) is 182 Å². The zero-order chi connectivity index (χ0) is 58.5. The number of hydrogen-bond donors (Lipinski definition) is 0. The first-order valence-electron chi connectivity index (χ1n) is 32.3. The summed E-state index contributed by atoms with van der Waals surface area (Å²) in [6, 6.07) is 0. The van der Waals surface area contributed by atoms with Crippen molar-refractivity contribution in [2.75, 3.05) is 13.2 Å². The third-order valence-electron chi connectivity index (χ3n) is 12.9. The topological polar surface area (TPSA) is 78.9 Å². The van der Waals surface area contributed by atoms with E-state index in [2.05, 4.69) is 191 Å². The minimum atomic E-state index is -0.832. The Kier molecular flexibility index (Phi) is 62.5. The van der Waals surface area contributed by atoms with Gasteiger partial charge >= 0.3 is 17.9 Å². The molecule has 0 aromatic heterocycles. The lowest BCUT2D eigenvalue weighted by Gasteiger charge is -2.18. The highest BCUT2D eigenvalue weighted by Gasteiger charge is 2.19. The molecule has 0 aliphatic carbocycles. The van der Waals surface area contributed by atoms with Crippen molar-refractivity contribution in [3.63, 3.8) is 0 Å². The van der Waals surface area contributed by atoms with Gasteiger partial charge in [-0.25, -0.2) is 0 Å². The molecule has 0 radical (unpaired) electrons. The largest absolute Gasteiger partial charge is 0.462 e. The Morgan fingerprint density at radius 1 is 0.259 bits per heavy atom.